The Labute approximate surface area is 348 Å². The van der Waals surface area contributed by atoms with Crippen LogP contribution in [-0.4, -0.2) is 113 Å². The number of piperidine rings is 2. The minimum absolute atomic E-state index is 0.0290. The number of amides is 4. The number of hydrogen-bond donors (Lipinski definition) is 3. The van der Waals surface area contributed by atoms with Gasteiger partial charge in [-0.05, 0) is 99.4 Å². The largest absolute Gasteiger partial charge is 0.490 e. The number of hydrogen-bond acceptors (Lipinski definition) is 12. The number of ether oxygens (including phenoxy) is 1. The van der Waals surface area contributed by atoms with Crippen LogP contribution in [0.2, 0.25) is 0 Å². The summed E-state index contributed by atoms with van der Waals surface area (Å²) < 4.78 is 6.37. The van der Waals surface area contributed by atoms with Gasteiger partial charge in [0.15, 0.2) is 6.23 Å². The number of nitriles is 1. The lowest BCUT2D eigenvalue weighted by molar-refractivity contribution is -0.139. The van der Waals surface area contributed by atoms with Crippen LogP contribution in [0.1, 0.15) is 89.4 Å². The summed E-state index contributed by atoms with van der Waals surface area (Å²) in [5.41, 5.74) is 3.54. The summed E-state index contributed by atoms with van der Waals surface area (Å²) in [6, 6.07) is 18.1. The molecule has 3 N–H and O–H groups in total. The Kier molecular flexibility index (Phi) is 11.1. The fourth-order valence-electron chi connectivity index (χ4n) is 9.53. The molecule has 2 atom stereocenters. The number of aliphatic hydroxyl groups is 1. The molecule has 2 aromatic heterocycles. The number of aromatic nitrogens is 2. The van der Waals surface area contributed by atoms with Gasteiger partial charge in [0.25, 0.3) is 11.8 Å². The van der Waals surface area contributed by atoms with Gasteiger partial charge in [0.1, 0.15) is 23.7 Å². The van der Waals surface area contributed by atoms with Crippen molar-refractivity contribution in [2.24, 2.45) is 5.92 Å². The molecule has 310 valence electrons. The van der Waals surface area contributed by atoms with Crippen LogP contribution in [0.15, 0.2) is 67.0 Å². The van der Waals surface area contributed by atoms with Gasteiger partial charge in [-0.25, -0.2) is 4.98 Å². The summed E-state index contributed by atoms with van der Waals surface area (Å²) in [7, 11) is 0. The van der Waals surface area contributed by atoms with Crippen molar-refractivity contribution in [3.63, 3.8) is 0 Å². The molecule has 0 radical (unpaired) electrons. The lowest BCUT2D eigenvalue weighted by Gasteiger charge is -2.40. The molecular formula is C45H49N9O6. The highest BCUT2D eigenvalue weighted by molar-refractivity contribution is 6.06. The number of anilines is 2. The normalized spacial score (nSPS) is 23.9. The number of fused-ring (bicyclic) bond motifs is 2. The van der Waals surface area contributed by atoms with E-state index in [-0.39, 0.29) is 42.7 Å². The predicted octanol–water partition coefficient (Wildman–Crippen LogP) is 3.91. The average Bonchev–Trinajstić information content (AvgIpc) is 3.52. The zero-order valence-electron chi connectivity index (χ0n) is 33.5. The molecule has 15 heteroatoms. The Bertz CT molecular complexity index is 2330. The van der Waals surface area contributed by atoms with Crippen molar-refractivity contribution >= 4 is 46.0 Å². The van der Waals surface area contributed by atoms with Crippen LogP contribution in [0.3, 0.4) is 0 Å². The van der Waals surface area contributed by atoms with Gasteiger partial charge in [-0.1, -0.05) is 6.07 Å². The van der Waals surface area contributed by atoms with E-state index in [4.69, 9.17) is 9.72 Å². The first-order chi connectivity index (χ1) is 29.2. The van der Waals surface area contributed by atoms with Gasteiger partial charge in [-0.2, -0.15) is 5.26 Å². The summed E-state index contributed by atoms with van der Waals surface area (Å²) >= 11 is 0. The molecule has 2 unspecified atom stereocenters. The van der Waals surface area contributed by atoms with Crippen molar-refractivity contribution in [2.45, 2.75) is 75.8 Å². The number of piperazine rings is 1. The standard InChI is InChI=1S/C45H49N9O6/c46-25-29-3-12-38(35-2-1-17-47-41(29)35)60-33-8-5-31(6-9-33)49-42(56)30-4-13-39(48-26-30)53-18-15-28(16-19-53)27-51-20-22-52(23-21-51)32-7-10-34-36(24-32)45(59)54(44(34)58)37-11-14-40(55)50-43(37)57/h1-4,7,10,12-13,17,24,26,28,31,33,37,44,58H,5-6,8-9,11,14-16,18-23,27H2,(H,49,56)(H,50,55,57). The smallest absolute Gasteiger partial charge is 0.257 e. The Morgan fingerprint density at radius 1 is 0.900 bits per heavy atom. The molecule has 4 aromatic rings. The molecule has 5 aliphatic rings. The number of rotatable bonds is 9. The van der Waals surface area contributed by atoms with Crippen LogP contribution in [-0.2, 0) is 9.59 Å². The van der Waals surface area contributed by atoms with Gasteiger partial charge in [0.05, 0.1) is 22.7 Å². The maximum absolute atomic E-state index is 13.4. The number of benzene rings is 2. The molecule has 15 nitrogen and oxygen atoms in total. The van der Waals surface area contributed by atoms with Gasteiger partial charge >= 0.3 is 0 Å². The molecule has 60 heavy (non-hydrogen) atoms. The van der Waals surface area contributed by atoms with Crippen LogP contribution < -0.4 is 25.2 Å². The molecule has 4 aliphatic heterocycles. The van der Waals surface area contributed by atoms with Crippen LogP contribution in [0.5, 0.6) is 5.75 Å². The third-order valence-electron chi connectivity index (χ3n) is 12.9. The van der Waals surface area contributed by atoms with Crippen LogP contribution in [0.4, 0.5) is 11.5 Å². The Hall–Kier alpha value is -6.11. The highest BCUT2D eigenvalue weighted by atomic mass is 16.5. The molecule has 0 spiro atoms. The zero-order valence-corrected chi connectivity index (χ0v) is 33.5. The summed E-state index contributed by atoms with van der Waals surface area (Å²) in [5.74, 6) is 0.795. The monoisotopic (exact) mass is 811 g/mol. The van der Waals surface area contributed by atoms with E-state index in [0.717, 1.165) is 107 Å². The molecule has 4 fully saturated rings. The van der Waals surface area contributed by atoms with Gasteiger partial charge < -0.3 is 25.0 Å². The second-order valence-electron chi connectivity index (χ2n) is 16.6. The lowest BCUT2D eigenvalue weighted by atomic mass is 9.92. The van der Waals surface area contributed by atoms with Gasteiger partial charge in [-0.15, -0.1) is 0 Å². The predicted molar refractivity (Wildman–Crippen MR) is 222 cm³/mol. The summed E-state index contributed by atoms with van der Waals surface area (Å²) in [6.45, 7) is 6.31. The minimum Gasteiger partial charge on any atom is -0.490 e. The van der Waals surface area contributed by atoms with Crippen molar-refractivity contribution < 1.29 is 29.0 Å². The topological polar surface area (TPSA) is 184 Å². The van der Waals surface area contributed by atoms with E-state index in [2.05, 4.69) is 36.4 Å². The first kappa shape index (κ1) is 39.4. The molecule has 3 saturated heterocycles. The molecule has 0 bridgehead atoms. The maximum Gasteiger partial charge on any atom is 0.257 e. The molecule has 9 rings (SSSR count). The first-order valence-electron chi connectivity index (χ1n) is 21.1. The van der Waals surface area contributed by atoms with Gasteiger partial charge in [0.2, 0.25) is 11.8 Å². The Morgan fingerprint density at radius 3 is 2.43 bits per heavy atom. The highest BCUT2D eigenvalue weighted by Crippen LogP contribution is 2.38. The SMILES string of the molecule is N#Cc1ccc(OC2CCC(NC(=O)c3ccc(N4CCC(CN5CCN(c6ccc7c(c6)C(=O)N(C6CCC(=O)NC6=O)C7O)CC5)CC4)nc3)CC2)c2cccnc12. The van der Waals surface area contributed by atoms with E-state index in [0.29, 0.717) is 33.7 Å². The maximum atomic E-state index is 13.4. The molecule has 4 amide bonds. The molecule has 1 saturated carbocycles. The van der Waals surface area contributed by atoms with Crippen molar-refractivity contribution in [1.29, 1.82) is 5.26 Å². The van der Waals surface area contributed by atoms with E-state index in [9.17, 15) is 29.5 Å². The molecule has 2 aromatic carbocycles. The van der Waals surface area contributed by atoms with E-state index >= 15 is 0 Å². The second kappa shape index (κ2) is 16.9. The average molecular weight is 812 g/mol. The van der Waals surface area contributed by atoms with E-state index in [1.807, 2.05) is 42.5 Å². The number of imide groups is 1. The number of aliphatic hydroxyl groups excluding tert-OH is 1. The second-order valence-corrected chi connectivity index (χ2v) is 16.6. The zero-order chi connectivity index (χ0) is 41.3. The Balaban J connectivity index is 0.700. The fraction of sp³-hybridized carbons (Fsp3) is 0.444. The number of carbonyl (C=O) groups is 4. The van der Waals surface area contributed by atoms with E-state index in [1.54, 1.807) is 24.5 Å². The van der Waals surface area contributed by atoms with Crippen LogP contribution in [0.25, 0.3) is 10.9 Å². The minimum atomic E-state index is -1.22. The molecular weight excluding hydrogens is 763 g/mol. The Morgan fingerprint density at radius 2 is 1.70 bits per heavy atom. The summed E-state index contributed by atoms with van der Waals surface area (Å²) in [4.78, 5) is 68.1. The van der Waals surface area contributed by atoms with Crippen molar-refractivity contribution in [3.05, 3.63) is 89.2 Å². The molecule has 6 heterocycles. The van der Waals surface area contributed by atoms with Crippen LogP contribution >= 0.6 is 0 Å². The van der Waals surface area contributed by atoms with Crippen molar-refractivity contribution in [3.8, 4) is 11.8 Å². The third-order valence-corrected chi connectivity index (χ3v) is 12.9. The highest BCUT2D eigenvalue weighted by Gasteiger charge is 2.44. The van der Waals surface area contributed by atoms with Crippen molar-refractivity contribution in [2.75, 3.05) is 55.6 Å². The van der Waals surface area contributed by atoms with Gasteiger partial charge in [0, 0.05) is 92.9 Å². The van der Waals surface area contributed by atoms with E-state index in [1.165, 1.54) is 4.90 Å². The molecule has 1 aliphatic carbocycles. The fourth-order valence-corrected chi connectivity index (χ4v) is 9.53. The van der Waals surface area contributed by atoms with Crippen molar-refractivity contribution in [1.82, 2.24) is 30.4 Å². The van der Waals surface area contributed by atoms with Gasteiger partial charge in [-0.3, -0.25) is 39.3 Å². The number of nitrogens with zero attached hydrogens (tertiary/aromatic N) is 7. The quantitative estimate of drug-likeness (QED) is 0.208. The lowest BCUT2D eigenvalue weighted by Crippen LogP contribution is -2.53. The third kappa shape index (κ3) is 7.97. The number of pyridine rings is 2. The number of nitrogens with one attached hydrogen (secondary N) is 2. The van der Waals surface area contributed by atoms with Crippen LogP contribution in [0, 0.1) is 17.2 Å². The van der Waals surface area contributed by atoms with E-state index < -0.39 is 18.2 Å². The number of carbonyl (C=O) groups excluding carboxylic acids is 4. The summed E-state index contributed by atoms with van der Waals surface area (Å²) in [6.07, 6.45) is 7.89. The first-order valence-corrected chi connectivity index (χ1v) is 21.1. The summed E-state index contributed by atoms with van der Waals surface area (Å²) in [5, 5.41) is 26.7.